The molecule has 108 valence electrons. The number of guanidine groups is 1. The van der Waals surface area contributed by atoms with Crippen molar-refractivity contribution < 1.29 is 4.74 Å². The molecule has 0 saturated heterocycles. The Labute approximate surface area is 119 Å². The van der Waals surface area contributed by atoms with Crippen LogP contribution in [0.5, 0.6) is 0 Å². The van der Waals surface area contributed by atoms with Crippen molar-refractivity contribution in [1.82, 2.24) is 10.3 Å². The molecular formula is C13H24N4OS. The molecule has 0 radical (unpaired) electrons. The van der Waals surface area contributed by atoms with Crippen molar-refractivity contribution in [2.75, 3.05) is 20.3 Å². The first-order valence-corrected chi connectivity index (χ1v) is 7.36. The summed E-state index contributed by atoms with van der Waals surface area (Å²) in [7, 11) is 1.70. The highest BCUT2D eigenvalue weighted by Gasteiger charge is 2.14. The second-order valence-electron chi connectivity index (χ2n) is 4.50. The number of hydrazine groups is 1. The van der Waals surface area contributed by atoms with Crippen molar-refractivity contribution in [3.8, 4) is 0 Å². The van der Waals surface area contributed by atoms with E-state index in [9.17, 15) is 0 Å². The molecular weight excluding hydrogens is 260 g/mol. The van der Waals surface area contributed by atoms with Crippen LogP contribution in [0.25, 0.3) is 0 Å². The lowest BCUT2D eigenvalue weighted by atomic mass is 10.3. The summed E-state index contributed by atoms with van der Waals surface area (Å²) in [6, 6.07) is 4.52. The Morgan fingerprint density at radius 2 is 2.37 bits per heavy atom. The fraction of sp³-hybridized carbons (Fsp3) is 0.615. The molecule has 0 atom stereocenters. The van der Waals surface area contributed by atoms with E-state index < -0.39 is 0 Å². The van der Waals surface area contributed by atoms with E-state index >= 15 is 0 Å². The van der Waals surface area contributed by atoms with Gasteiger partial charge in [0, 0.05) is 31.2 Å². The Bertz CT molecular complexity index is 365. The van der Waals surface area contributed by atoms with Crippen LogP contribution in [0.2, 0.25) is 0 Å². The maximum atomic E-state index is 5.60. The zero-order valence-corrected chi connectivity index (χ0v) is 12.7. The lowest BCUT2D eigenvalue weighted by molar-refractivity contribution is 0.196. The number of nitrogens with two attached hydrogens (primary N) is 1. The highest BCUT2D eigenvalue weighted by atomic mass is 32.1. The lowest BCUT2D eigenvalue weighted by Crippen LogP contribution is -2.47. The molecule has 0 saturated carbocycles. The van der Waals surface area contributed by atoms with Crippen LogP contribution >= 0.6 is 11.3 Å². The first kappa shape index (κ1) is 15.9. The molecule has 0 aliphatic heterocycles. The van der Waals surface area contributed by atoms with Crippen molar-refractivity contribution >= 4 is 17.3 Å². The Morgan fingerprint density at radius 1 is 1.58 bits per heavy atom. The third-order valence-electron chi connectivity index (χ3n) is 2.70. The Kier molecular flexibility index (Phi) is 7.47. The molecule has 1 aromatic rings. The zero-order valence-electron chi connectivity index (χ0n) is 11.9. The van der Waals surface area contributed by atoms with Gasteiger partial charge >= 0.3 is 0 Å². The molecule has 19 heavy (non-hydrogen) atoms. The fourth-order valence-electron chi connectivity index (χ4n) is 1.69. The first-order chi connectivity index (χ1) is 9.19. The summed E-state index contributed by atoms with van der Waals surface area (Å²) < 4.78 is 5.02. The standard InChI is InChI=1S/C13H24N4OS/c1-11(2)17(10-12-6-4-9-19-12)13(16-14)15-7-5-8-18-3/h4,6,9,11H,5,7-8,10,14H2,1-3H3,(H,15,16). The zero-order chi connectivity index (χ0) is 14.1. The molecule has 0 spiro atoms. The number of methoxy groups -OCH3 is 1. The minimum atomic E-state index is 0.333. The van der Waals surface area contributed by atoms with Crippen LogP contribution in [0.4, 0.5) is 0 Å². The number of aliphatic imine (C=N–C) groups is 1. The van der Waals surface area contributed by atoms with E-state index in [2.05, 4.69) is 46.7 Å². The van der Waals surface area contributed by atoms with E-state index in [1.165, 1.54) is 4.88 Å². The van der Waals surface area contributed by atoms with Crippen LogP contribution in [-0.4, -0.2) is 37.2 Å². The number of thiophene rings is 1. The van der Waals surface area contributed by atoms with Gasteiger partial charge in [0.2, 0.25) is 5.96 Å². The van der Waals surface area contributed by atoms with Crippen LogP contribution in [0.3, 0.4) is 0 Å². The van der Waals surface area contributed by atoms with E-state index in [0.717, 1.165) is 18.9 Å². The summed E-state index contributed by atoms with van der Waals surface area (Å²) in [4.78, 5) is 7.98. The second-order valence-corrected chi connectivity index (χ2v) is 5.53. The topological polar surface area (TPSA) is 62.9 Å². The Balaban J connectivity index is 2.65. The van der Waals surface area contributed by atoms with Gasteiger partial charge in [-0.2, -0.15) is 0 Å². The van der Waals surface area contributed by atoms with Crippen LogP contribution in [0.15, 0.2) is 22.5 Å². The maximum absolute atomic E-state index is 5.60. The quantitative estimate of drug-likeness (QED) is 0.263. The van der Waals surface area contributed by atoms with Crippen LogP contribution in [0.1, 0.15) is 25.1 Å². The van der Waals surface area contributed by atoms with Gasteiger partial charge in [-0.3, -0.25) is 10.4 Å². The van der Waals surface area contributed by atoms with Crippen molar-refractivity contribution in [1.29, 1.82) is 0 Å². The molecule has 0 aliphatic rings. The number of nitrogens with one attached hydrogen (secondary N) is 1. The summed E-state index contributed by atoms with van der Waals surface area (Å²) in [5, 5.41) is 2.08. The van der Waals surface area contributed by atoms with E-state index in [1.807, 2.05) is 0 Å². The molecule has 0 fully saturated rings. The summed E-state index contributed by atoms with van der Waals surface area (Å²) in [5.74, 6) is 6.34. The van der Waals surface area contributed by atoms with Crippen LogP contribution < -0.4 is 11.3 Å². The molecule has 1 rings (SSSR count). The molecule has 0 aromatic carbocycles. The summed E-state index contributed by atoms with van der Waals surface area (Å²) in [5.41, 5.74) is 2.71. The number of rotatable bonds is 7. The first-order valence-electron chi connectivity index (χ1n) is 6.48. The highest BCUT2D eigenvalue weighted by molar-refractivity contribution is 7.09. The normalized spacial score (nSPS) is 11.9. The molecule has 3 N–H and O–H groups in total. The SMILES string of the molecule is COCCCN=C(NN)N(Cc1cccs1)C(C)C. The number of hydrogen-bond acceptors (Lipinski definition) is 4. The number of nitrogens with zero attached hydrogens (tertiary/aromatic N) is 2. The molecule has 0 unspecified atom stereocenters. The third-order valence-corrected chi connectivity index (χ3v) is 3.56. The summed E-state index contributed by atoms with van der Waals surface area (Å²) >= 11 is 1.74. The van der Waals surface area contributed by atoms with Crippen molar-refractivity contribution in [3.63, 3.8) is 0 Å². The average Bonchev–Trinajstić information content (AvgIpc) is 2.90. The third kappa shape index (κ3) is 5.59. The van der Waals surface area contributed by atoms with Crippen molar-refractivity contribution in [3.05, 3.63) is 22.4 Å². The summed E-state index contributed by atoms with van der Waals surface area (Å²) in [6.07, 6.45) is 0.895. The molecule has 1 aromatic heterocycles. The van der Waals surface area contributed by atoms with Gasteiger partial charge in [0.15, 0.2) is 0 Å². The molecule has 5 nitrogen and oxygen atoms in total. The van der Waals surface area contributed by atoms with E-state index in [0.29, 0.717) is 19.2 Å². The Morgan fingerprint density at radius 3 is 2.89 bits per heavy atom. The van der Waals surface area contributed by atoms with Crippen LogP contribution in [0, 0.1) is 0 Å². The van der Waals surface area contributed by atoms with E-state index in [-0.39, 0.29) is 0 Å². The Hall–Kier alpha value is -1.11. The molecule has 6 heteroatoms. The predicted octanol–water partition coefficient (Wildman–Crippen LogP) is 1.81. The molecule has 0 aliphatic carbocycles. The molecule has 1 heterocycles. The summed E-state index contributed by atoms with van der Waals surface area (Å²) in [6.45, 7) is 6.52. The van der Waals surface area contributed by atoms with Gasteiger partial charge in [0.05, 0.1) is 6.54 Å². The van der Waals surface area contributed by atoms with Crippen molar-refractivity contribution in [2.45, 2.75) is 32.9 Å². The van der Waals surface area contributed by atoms with Crippen molar-refractivity contribution in [2.24, 2.45) is 10.8 Å². The average molecular weight is 284 g/mol. The van der Waals surface area contributed by atoms with Gasteiger partial charge in [-0.15, -0.1) is 11.3 Å². The second kappa shape index (κ2) is 8.90. The fourth-order valence-corrected chi connectivity index (χ4v) is 2.39. The molecule has 0 bridgehead atoms. The molecule has 0 amide bonds. The monoisotopic (exact) mass is 284 g/mol. The number of ether oxygens (including phenoxy) is 1. The van der Waals surface area contributed by atoms with Gasteiger partial charge < -0.3 is 9.64 Å². The minimum Gasteiger partial charge on any atom is -0.385 e. The van der Waals surface area contributed by atoms with E-state index in [4.69, 9.17) is 10.6 Å². The van der Waals surface area contributed by atoms with Gasteiger partial charge in [0.25, 0.3) is 0 Å². The van der Waals surface area contributed by atoms with Gasteiger partial charge in [-0.1, -0.05) is 6.07 Å². The number of hydrogen-bond donors (Lipinski definition) is 2. The highest BCUT2D eigenvalue weighted by Crippen LogP contribution is 2.14. The lowest BCUT2D eigenvalue weighted by Gasteiger charge is -2.29. The smallest absolute Gasteiger partial charge is 0.208 e. The largest absolute Gasteiger partial charge is 0.385 e. The van der Waals surface area contributed by atoms with Gasteiger partial charge in [-0.05, 0) is 31.7 Å². The maximum Gasteiger partial charge on any atom is 0.208 e. The predicted molar refractivity (Wildman–Crippen MR) is 81.1 cm³/mol. The minimum absolute atomic E-state index is 0.333. The van der Waals surface area contributed by atoms with Gasteiger partial charge in [0.1, 0.15) is 0 Å². The van der Waals surface area contributed by atoms with Crippen LogP contribution in [-0.2, 0) is 11.3 Å². The van der Waals surface area contributed by atoms with Gasteiger partial charge in [-0.25, -0.2) is 5.84 Å². The van der Waals surface area contributed by atoms with E-state index in [1.54, 1.807) is 18.4 Å².